The molecule has 38 heavy (non-hydrogen) atoms. The van der Waals surface area contributed by atoms with Gasteiger partial charge >= 0.3 is 0 Å². The summed E-state index contributed by atoms with van der Waals surface area (Å²) in [5, 5.41) is 3.41. The fourth-order valence-corrected chi connectivity index (χ4v) is 6.76. The fraction of sp³-hybridized carbons (Fsp3) is 0.839. The molecule has 0 saturated carbocycles. The molecule has 1 aromatic heterocycles. The summed E-state index contributed by atoms with van der Waals surface area (Å²) in [7, 11) is 2.20. The Labute approximate surface area is 232 Å². The van der Waals surface area contributed by atoms with E-state index >= 15 is 0 Å². The number of nitrogens with one attached hydrogen (secondary N) is 1. The van der Waals surface area contributed by atoms with E-state index in [9.17, 15) is 9.59 Å². The molecule has 0 bridgehead atoms. The average Bonchev–Trinajstić information content (AvgIpc) is 3.15. The molecule has 2 aliphatic rings. The van der Waals surface area contributed by atoms with Gasteiger partial charge in [-0.25, -0.2) is 4.98 Å². The summed E-state index contributed by atoms with van der Waals surface area (Å²) < 4.78 is 2.37. The number of piperazine rings is 1. The number of amides is 1. The molecule has 2 aliphatic heterocycles. The Hall–Kier alpha value is -1.73. The second kappa shape index (κ2) is 14.1. The maximum atomic E-state index is 13.6. The topological polar surface area (TPSA) is 70.5 Å². The predicted octanol–water partition coefficient (Wildman–Crippen LogP) is 4.41. The van der Waals surface area contributed by atoms with Gasteiger partial charge in [0.15, 0.2) is 0 Å². The van der Waals surface area contributed by atoms with Crippen molar-refractivity contribution >= 4 is 12.2 Å². The number of aryl methyl sites for hydroxylation is 1. The zero-order chi connectivity index (χ0) is 27.9. The van der Waals surface area contributed by atoms with E-state index in [-0.39, 0.29) is 11.9 Å². The van der Waals surface area contributed by atoms with Gasteiger partial charge in [-0.05, 0) is 69.4 Å². The monoisotopic (exact) mass is 529 g/mol. The van der Waals surface area contributed by atoms with Crippen LogP contribution in [0.5, 0.6) is 0 Å². The maximum Gasteiger partial charge on any atom is 0.240 e. The van der Waals surface area contributed by atoms with Crippen molar-refractivity contribution in [3.63, 3.8) is 0 Å². The molecule has 0 aliphatic carbocycles. The number of hydrogen-bond acceptors (Lipinski definition) is 5. The molecule has 3 heterocycles. The molecular weight excluding hydrogens is 474 g/mol. The lowest BCUT2D eigenvalue weighted by molar-refractivity contribution is -0.149. The van der Waals surface area contributed by atoms with Gasteiger partial charge in [0.1, 0.15) is 17.6 Å². The number of rotatable bonds is 14. The first-order valence-electron chi connectivity index (χ1n) is 15.4. The highest BCUT2D eigenvalue weighted by Crippen LogP contribution is 2.30. The molecule has 2 atom stereocenters. The third-order valence-corrected chi connectivity index (χ3v) is 8.55. The Morgan fingerprint density at radius 1 is 1.05 bits per heavy atom. The first kappa shape index (κ1) is 30.8. The van der Waals surface area contributed by atoms with Crippen LogP contribution >= 0.6 is 0 Å². The van der Waals surface area contributed by atoms with Crippen LogP contribution in [-0.2, 0) is 35.9 Å². The van der Waals surface area contributed by atoms with Gasteiger partial charge < -0.3 is 24.5 Å². The molecule has 0 unspecified atom stereocenters. The average molecular weight is 530 g/mol. The first-order valence-corrected chi connectivity index (χ1v) is 15.4. The fourth-order valence-electron chi connectivity index (χ4n) is 6.76. The van der Waals surface area contributed by atoms with Gasteiger partial charge in [0.2, 0.25) is 5.91 Å². The largest absolute Gasteiger partial charge is 0.335 e. The summed E-state index contributed by atoms with van der Waals surface area (Å²) in [5.74, 6) is 2.72. The van der Waals surface area contributed by atoms with Crippen molar-refractivity contribution in [2.75, 3.05) is 32.7 Å². The lowest BCUT2D eigenvalue weighted by Gasteiger charge is -2.48. The number of likely N-dealkylation sites (tertiary alicyclic amines) is 1. The van der Waals surface area contributed by atoms with E-state index in [1.165, 1.54) is 17.2 Å². The maximum absolute atomic E-state index is 13.6. The summed E-state index contributed by atoms with van der Waals surface area (Å²) in [6.07, 6.45) is 10.3. The van der Waals surface area contributed by atoms with E-state index in [4.69, 9.17) is 4.98 Å². The molecule has 0 aromatic carbocycles. The number of aromatic nitrogens is 2. The molecule has 216 valence electrons. The summed E-state index contributed by atoms with van der Waals surface area (Å²) >= 11 is 0. The quantitative estimate of drug-likeness (QED) is 0.362. The predicted molar refractivity (Wildman–Crippen MR) is 155 cm³/mol. The number of piperidine rings is 1. The second-order valence-corrected chi connectivity index (χ2v) is 12.8. The van der Waals surface area contributed by atoms with Crippen LogP contribution in [0.15, 0.2) is 0 Å². The highest BCUT2D eigenvalue weighted by molar-refractivity contribution is 5.87. The molecule has 0 spiro atoms. The van der Waals surface area contributed by atoms with Crippen LogP contribution in [0.25, 0.3) is 0 Å². The summed E-state index contributed by atoms with van der Waals surface area (Å²) in [6, 6.07) is -0.186. The number of nitrogens with zero attached hydrogens (tertiary/aromatic N) is 4. The number of aldehydes is 1. The van der Waals surface area contributed by atoms with Gasteiger partial charge in [-0.2, -0.15) is 0 Å². The van der Waals surface area contributed by atoms with Gasteiger partial charge in [0.25, 0.3) is 0 Å². The van der Waals surface area contributed by atoms with Crippen molar-refractivity contribution in [3.05, 3.63) is 17.2 Å². The Bertz CT molecular complexity index is 902. The van der Waals surface area contributed by atoms with E-state index in [2.05, 4.69) is 63.4 Å². The van der Waals surface area contributed by atoms with Crippen LogP contribution in [0.2, 0.25) is 0 Å². The Kier molecular flexibility index (Phi) is 11.4. The van der Waals surface area contributed by atoms with Gasteiger partial charge in [-0.1, -0.05) is 54.4 Å². The Balaban J connectivity index is 1.68. The molecule has 1 aromatic rings. The van der Waals surface area contributed by atoms with Crippen molar-refractivity contribution in [1.82, 2.24) is 24.7 Å². The van der Waals surface area contributed by atoms with Crippen LogP contribution < -0.4 is 5.32 Å². The van der Waals surface area contributed by atoms with E-state index in [1.807, 2.05) is 4.90 Å². The molecular formula is C31H55N5O2. The molecule has 2 fully saturated rings. The number of carbonyl (C=O) groups excluding carboxylic acids is 2. The minimum atomic E-state index is -0.751. The molecule has 3 rings (SSSR count). The van der Waals surface area contributed by atoms with E-state index in [1.54, 1.807) is 0 Å². The first-order chi connectivity index (χ1) is 18.1. The SMILES string of the molecule is CCCc1nc(CC2CCN(C[C@@](C=O)(CC(C)C)N3CCN[C@@H](CC(C)C)C3=O)CC2)n(C)c1CCC. The molecule has 7 nitrogen and oxygen atoms in total. The highest BCUT2D eigenvalue weighted by Gasteiger charge is 2.45. The molecule has 7 heteroatoms. The zero-order valence-corrected chi connectivity index (χ0v) is 25.4. The van der Waals surface area contributed by atoms with E-state index in [0.717, 1.165) is 77.3 Å². The van der Waals surface area contributed by atoms with Crippen molar-refractivity contribution in [2.45, 2.75) is 111 Å². The van der Waals surface area contributed by atoms with E-state index in [0.29, 0.717) is 37.3 Å². The minimum absolute atomic E-state index is 0.105. The summed E-state index contributed by atoms with van der Waals surface area (Å²) in [4.78, 5) is 35.9. The number of carbonyl (C=O) groups is 2. The minimum Gasteiger partial charge on any atom is -0.335 e. The van der Waals surface area contributed by atoms with Crippen LogP contribution in [0.4, 0.5) is 0 Å². The molecule has 1 N–H and O–H groups in total. The second-order valence-electron chi connectivity index (χ2n) is 12.8. The van der Waals surface area contributed by atoms with Gasteiger partial charge in [0, 0.05) is 38.8 Å². The summed E-state index contributed by atoms with van der Waals surface area (Å²) in [6.45, 7) is 17.1. The molecule has 1 amide bonds. The smallest absolute Gasteiger partial charge is 0.240 e. The third-order valence-electron chi connectivity index (χ3n) is 8.55. The van der Waals surface area contributed by atoms with Crippen LogP contribution in [0, 0.1) is 17.8 Å². The van der Waals surface area contributed by atoms with Crippen LogP contribution in [-0.4, -0.2) is 75.8 Å². The van der Waals surface area contributed by atoms with Crippen molar-refractivity contribution in [2.24, 2.45) is 24.8 Å². The highest BCUT2D eigenvalue weighted by atomic mass is 16.2. The van der Waals surface area contributed by atoms with Crippen molar-refractivity contribution in [1.29, 1.82) is 0 Å². The lowest BCUT2D eigenvalue weighted by atomic mass is 9.84. The van der Waals surface area contributed by atoms with Crippen molar-refractivity contribution < 1.29 is 9.59 Å². The third kappa shape index (κ3) is 7.47. The van der Waals surface area contributed by atoms with E-state index < -0.39 is 5.54 Å². The van der Waals surface area contributed by atoms with Crippen LogP contribution in [0.3, 0.4) is 0 Å². The lowest BCUT2D eigenvalue weighted by Crippen LogP contribution is -2.67. The van der Waals surface area contributed by atoms with Crippen molar-refractivity contribution in [3.8, 4) is 0 Å². The Morgan fingerprint density at radius 2 is 1.74 bits per heavy atom. The molecule has 2 saturated heterocycles. The van der Waals surface area contributed by atoms with Crippen LogP contribution in [0.1, 0.15) is 97.3 Å². The van der Waals surface area contributed by atoms with Gasteiger partial charge in [-0.3, -0.25) is 4.79 Å². The number of imidazole rings is 1. The van der Waals surface area contributed by atoms with Gasteiger partial charge in [-0.15, -0.1) is 0 Å². The zero-order valence-electron chi connectivity index (χ0n) is 25.4. The standard InChI is InChI=1S/C31H55N5O2/c1-8-10-26-28(11-9-2)34(7)29(33-26)19-25-12-15-35(16-13-25)21-31(22-37,20-24(5)6)36-17-14-32-27(30(36)38)18-23(3)4/h22-25,27,32H,8-21H2,1-7H3/t27-,31+/m0/s1. The van der Waals surface area contributed by atoms with Gasteiger partial charge in [0.05, 0.1) is 11.7 Å². The normalized spacial score (nSPS) is 21.4. The number of hydrogen-bond donors (Lipinski definition) is 1. The Morgan fingerprint density at radius 3 is 2.32 bits per heavy atom. The summed E-state index contributed by atoms with van der Waals surface area (Å²) in [5.41, 5.74) is 1.96. The molecule has 0 radical (unpaired) electrons.